The number of carbonyl (C=O) groups is 1. The van der Waals surface area contributed by atoms with Gasteiger partial charge >= 0.3 is 6.18 Å². The third-order valence-electron chi connectivity index (χ3n) is 7.32. The lowest BCUT2D eigenvalue weighted by Crippen LogP contribution is -2.42. The van der Waals surface area contributed by atoms with Crippen molar-refractivity contribution in [3.8, 4) is 22.6 Å². The van der Waals surface area contributed by atoms with Gasteiger partial charge in [0.25, 0.3) is 5.91 Å². The van der Waals surface area contributed by atoms with Crippen LogP contribution in [0.15, 0.2) is 55.2 Å². The maximum atomic E-state index is 14.1. The van der Waals surface area contributed by atoms with Gasteiger partial charge in [-0.15, -0.1) is 0 Å². The van der Waals surface area contributed by atoms with Crippen LogP contribution in [0.1, 0.15) is 45.2 Å². The summed E-state index contributed by atoms with van der Waals surface area (Å²) in [6.07, 6.45) is 2.77. The SMILES string of the molecule is COc1ccc2c(c1)C(N1CCc3c(cc(Cn4ccnc4)cc3-c3cn(C)nc3C(F)(F)F)C1=O)CCO2. The number of alkyl halides is 3. The van der Waals surface area contributed by atoms with E-state index in [-0.39, 0.29) is 17.5 Å². The molecule has 0 spiro atoms. The fourth-order valence-electron chi connectivity index (χ4n) is 5.60. The summed E-state index contributed by atoms with van der Waals surface area (Å²) in [4.78, 5) is 20.0. The van der Waals surface area contributed by atoms with Crippen molar-refractivity contribution in [2.75, 3.05) is 20.3 Å². The van der Waals surface area contributed by atoms with E-state index in [1.54, 1.807) is 38.0 Å². The lowest BCUT2D eigenvalue weighted by Gasteiger charge is -2.39. The second kappa shape index (κ2) is 9.48. The summed E-state index contributed by atoms with van der Waals surface area (Å²) in [6.45, 7) is 1.17. The highest BCUT2D eigenvalue weighted by Gasteiger charge is 2.40. The smallest absolute Gasteiger partial charge is 0.435 e. The normalized spacial score (nSPS) is 17.0. The molecule has 0 saturated heterocycles. The molecule has 1 unspecified atom stereocenters. The van der Waals surface area contributed by atoms with Crippen molar-refractivity contribution in [1.29, 1.82) is 0 Å². The van der Waals surface area contributed by atoms with Gasteiger partial charge in [-0.3, -0.25) is 9.48 Å². The van der Waals surface area contributed by atoms with Crippen molar-refractivity contribution in [2.24, 2.45) is 7.05 Å². The second-order valence-corrected chi connectivity index (χ2v) is 9.77. The number of methoxy groups -OCH3 is 1. The molecule has 0 aliphatic carbocycles. The molecule has 0 fully saturated rings. The van der Waals surface area contributed by atoms with E-state index in [2.05, 4.69) is 10.1 Å². The maximum Gasteiger partial charge on any atom is 0.435 e. The number of halogens is 3. The van der Waals surface area contributed by atoms with Gasteiger partial charge in [0.15, 0.2) is 5.69 Å². The quantitative estimate of drug-likeness (QED) is 0.363. The lowest BCUT2D eigenvalue weighted by molar-refractivity contribution is -0.140. The topological polar surface area (TPSA) is 74.4 Å². The van der Waals surface area contributed by atoms with Crippen molar-refractivity contribution in [1.82, 2.24) is 24.2 Å². The minimum absolute atomic E-state index is 0.0314. The molecule has 4 aromatic rings. The van der Waals surface area contributed by atoms with Crippen LogP contribution in [0.3, 0.4) is 0 Å². The lowest BCUT2D eigenvalue weighted by atomic mass is 9.86. The van der Waals surface area contributed by atoms with Gasteiger partial charge in [0.1, 0.15) is 11.5 Å². The first-order valence-electron chi connectivity index (χ1n) is 12.6. The molecule has 4 heterocycles. The molecule has 2 aliphatic heterocycles. The molecule has 0 bridgehead atoms. The van der Waals surface area contributed by atoms with Crippen LogP contribution in [0.2, 0.25) is 0 Å². The number of amides is 1. The van der Waals surface area contributed by atoms with E-state index in [0.29, 0.717) is 66.3 Å². The van der Waals surface area contributed by atoms with Gasteiger partial charge in [0.05, 0.1) is 26.1 Å². The van der Waals surface area contributed by atoms with Crippen LogP contribution in [0.5, 0.6) is 11.5 Å². The Bertz CT molecular complexity index is 1540. The number of ether oxygens (including phenoxy) is 2. The first-order valence-corrected chi connectivity index (χ1v) is 12.6. The summed E-state index contributed by atoms with van der Waals surface area (Å²) in [5.41, 5.74) is 1.94. The number of hydrogen-bond donors (Lipinski definition) is 0. The van der Waals surface area contributed by atoms with E-state index in [0.717, 1.165) is 10.2 Å². The van der Waals surface area contributed by atoms with Gasteiger partial charge < -0.3 is 18.9 Å². The number of benzene rings is 2. The third kappa shape index (κ3) is 4.51. The van der Waals surface area contributed by atoms with Crippen molar-refractivity contribution >= 4 is 5.91 Å². The first kappa shape index (κ1) is 25.0. The fraction of sp³-hybridized carbons (Fsp3) is 0.321. The van der Waals surface area contributed by atoms with Crippen LogP contribution < -0.4 is 9.47 Å². The number of imidazole rings is 1. The van der Waals surface area contributed by atoms with E-state index in [9.17, 15) is 18.0 Å². The van der Waals surface area contributed by atoms with E-state index in [1.165, 1.54) is 13.2 Å². The summed E-state index contributed by atoms with van der Waals surface area (Å²) in [5.74, 6) is 1.14. The molecule has 0 radical (unpaired) electrons. The monoisotopic (exact) mass is 537 g/mol. The number of aromatic nitrogens is 4. The molecule has 2 aromatic carbocycles. The van der Waals surface area contributed by atoms with Gasteiger partial charge in [-0.05, 0) is 53.4 Å². The number of hydrogen-bond acceptors (Lipinski definition) is 5. The van der Waals surface area contributed by atoms with Crippen LogP contribution in [-0.4, -0.2) is 50.4 Å². The molecule has 8 nitrogen and oxygen atoms in total. The summed E-state index contributed by atoms with van der Waals surface area (Å²) < 4.78 is 56.2. The van der Waals surface area contributed by atoms with Crippen molar-refractivity contribution < 1.29 is 27.4 Å². The first-order chi connectivity index (χ1) is 18.7. The van der Waals surface area contributed by atoms with Crippen LogP contribution in [0.4, 0.5) is 13.2 Å². The highest BCUT2D eigenvalue weighted by molar-refractivity contribution is 5.99. The number of aryl methyl sites for hydroxylation is 1. The number of fused-ring (bicyclic) bond motifs is 2. The molecular formula is C28H26F3N5O3. The maximum absolute atomic E-state index is 14.1. The van der Waals surface area contributed by atoms with Gasteiger partial charge in [0.2, 0.25) is 0 Å². The van der Waals surface area contributed by atoms with Gasteiger partial charge in [-0.1, -0.05) is 0 Å². The Morgan fingerprint density at radius 1 is 1.15 bits per heavy atom. The predicted octanol–water partition coefficient (Wildman–Crippen LogP) is 4.88. The summed E-state index contributed by atoms with van der Waals surface area (Å²) in [6, 6.07) is 8.83. The van der Waals surface area contributed by atoms with E-state index in [4.69, 9.17) is 9.47 Å². The van der Waals surface area contributed by atoms with E-state index in [1.807, 2.05) is 27.7 Å². The Balaban J connectivity index is 1.47. The zero-order valence-electron chi connectivity index (χ0n) is 21.4. The highest BCUT2D eigenvalue weighted by Crippen LogP contribution is 2.43. The number of carbonyl (C=O) groups excluding carboxylic acids is 1. The molecule has 202 valence electrons. The van der Waals surface area contributed by atoms with E-state index < -0.39 is 11.9 Å². The average Bonchev–Trinajstić information content (AvgIpc) is 3.58. The zero-order chi connectivity index (χ0) is 27.3. The molecule has 0 N–H and O–H groups in total. The Morgan fingerprint density at radius 2 is 1.97 bits per heavy atom. The van der Waals surface area contributed by atoms with Crippen LogP contribution in [0, 0.1) is 0 Å². The van der Waals surface area contributed by atoms with Gasteiger partial charge in [-0.25, -0.2) is 4.98 Å². The fourth-order valence-corrected chi connectivity index (χ4v) is 5.60. The zero-order valence-corrected chi connectivity index (χ0v) is 21.4. The Morgan fingerprint density at radius 3 is 2.72 bits per heavy atom. The van der Waals surface area contributed by atoms with Gasteiger partial charge in [-0.2, -0.15) is 18.3 Å². The summed E-state index contributed by atoms with van der Waals surface area (Å²) in [5, 5.41) is 3.72. The second-order valence-electron chi connectivity index (χ2n) is 9.77. The molecular weight excluding hydrogens is 511 g/mol. The minimum Gasteiger partial charge on any atom is -0.497 e. The predicted molar refractivity (Wildman–Crippen MR) is 136 cm³/mol. The van der Waals surface area contributed by atoms with Crippen LogP contribution in [-0.2, 0) is 26.2 Å². The third-order valence-corrected chi connectivity index (χ3v) is 7.32. The van der Waals surface area contributed by atoms with Crippen molar-refractivity contribution in [3.05, 3.63) is 83.2 Å². The molecule has 1 atom stereocenters. The Kier molecular flexibility index (Phi) is 6.08. The molecule has 11 heteroatoms. The number of rotatable bonds is 5. The summed E-state index contributed by atoms with van der Waals surface area (Å²) >= 11 is 0. The molecule has 2 aliphatic rings. The molecule has 2 aromatic heterocycles. The van der Waals surface area contributed by atoms with Gasteiger partial charge in [0, 0.05) is 61.8 Å². The van der Waals surface area contributed by atoms with Crippen molar-refractivity contribution in [2.45, 2.75) is 31.6 Å². The molecule has 0 saturated carbocycles. The molecule has 6 rings (SSSR count). The molecule has 39 heavy (non-hydrogen) atoms. The number of nitrogens with zero attached hydrogens (tertiary/aromatic N) is 5. The van der Waals surface area contributed by atoms with Crippen molar-refractivity contribution in [3.63, 3.8) is 0 Å². The largest absolute Gasteiger partial charge is 0.497 e. The Labute approximate surface area is 222 Å². The summed E-state index contributed by atoms with van der Waals surface area (Å²) in [7, 11) is 3.05. The van der Waals surface area contributed by atoms with E-state index >= 15 is 0 Å². The van der Waals surface area contributed by atoms with Crippen LogP contribution >= 0.6 is 0 Å². The minimum atomic E-state index is -4.64. The standard InChI is InChI=1S/C28H26F3N5O3/c1-34-15-23(26(33-34)28(29,30)31)20-11-17(14-35-9-7-32-16-35)12-21-19(20)5-8-36(27(21)37)24-6-10-39-25-4-3-18(38-2)13-22(24)25/h3-4,7,9,11-13,15-16,24H,5-6,8,10,14H2,1-2H3. The Hall–Kier alpha value is -4.28. The highest BCUT2D eigenvalue weighted by atomic mass is 19.4. The average molecular weight is 538 g/mol. The molecule has 1 amide bonds. The van der Waals surface area contributed by atoms with Crippen LogP contribution in [0.25, 0.3) is 11.1 Å².